The summed E-state index contributed by atoms with van der Waals surface area (Å²) in [6.07, 6.45) is 9.51. The summed E-state index contributed by atoms with van der Waals surface area (Å²) in [4.78, 5) is 18.2. The molecule has 2 aromatic rings. The highest BCUT2D eigenvalue weighted by Crippen LogP contribution is 2.71. The number of amides is 1. The highest BCUT2D eigenvalue weighted by atomic mass is 16.1. The average molecular weight is 392 g/mol. The molecule has 154 valence electrons. The third kappa shape index (κ3) is 2.26. The van der Waals surface area contributed by atoms with E-state index in [0.29, 0.717) is 29.7 Å². The second-order valence-corrected chi connectivity index (χ2v) is 10.7. The van der Waals surface area contributed by atoms with Gasteiger partial charge in [0.1, 0.15) is 5.82 Å². The van der Waals surface area contributed by atoms with E-state index in [1.165, 1.54) is 56.3 Å². The number of aryl methyl sites for hydroxylation is 1. The number of nitrogens with zero attached hydrogens (tertiary/aromatic N) is 2. The number of para-hydroxylation sites is 2. The molecule has 1 aromatic carbocycles. The Balaban J connectivity index is 1.57. The van der Waals surface area contributed by atoms with Crippen molar-refractivity contribution < 1.29 is 4.79 Å². The van der Waals surface area contributed by atoms with Gasteiger partial charge >= 0.3 is 0 Å². The highest BCUT2D eigenvalue weighted by molar-refractivity contribution is 5.78. The van der Waals surface area contributed by atoms with E-state index in [-0.39, 0.29) is 11.3 Å². The number of rotatable bonds is 0. The second-order valence-electron chi connectivity index (χ2n) is 10.7. The minimum Gasteiger partial charge on any atom is -0.353 e. The van der Waals surface area contributed by atoms with Gasteiger partial charge in [-0.2, -0.15) is 0 Å². The Bertz CT molecular complexity index is 976. The van der Waals surface area contributed by atoms with Gasteiger partial charge in [-0.1, -0.05) is 38.8 Å². The standard InChI is InChI=1S/C25H33N3O/c1-24(2)16-11-13-25(24)18-8-4-3-7-17(18)23-26-19-9-5-6-10-20(19)28(23)14-12-22(29)27-21(25)15-16/h5-6,9-10,16-18,21H,3-4,7-8,11-15H2,1-2H3,(H,27,29)/t16-,17?,18?,21-,25-/m1/s1. The monoisotopic (exact) mass is 391 g/mol. The van der Waals surface area contributed by atoms with E-state index in [1.54, 1.807) is 0 Å². The third-order valence-corrected chi connectivity index (χ3v) is 9.61. The van der Waals surface area contributed by atoms with E-state index >= 15 is 0 Å². The summed E-state index contributed by atoms with van der Waals surface area (Å²) in [6.45, 7) is 5.77. The van der Waals surface area contributed by atoms with Gasteiger partial charge in [0, 0.05) is 24.9 Å². The predicted molar refractivity (Wildman–Crippen MR) is 115 cm³/mol. The van der Waals surface area contributed by atoms with E-state index in [1.807, 2.05) is 0 Å². The maximum Gasteiger partial charge on any atom is 0.222 e. The molecule has 1 aromatic heterocycles. The number of benzene rings is 1. The first kappa shape index (κ1) is 18.0. The summed E-state index contributed by atoms with van der Waals surface area (Å²) in [6, 6.07) is 8.86. The number of hydrogen-bond acceptors (Lipinski definition) is 2. The average Bonchev–Trinajstić information content (AvgIpc) is 3.29. The lowest BCUT2D eigenvalue weighted by Crippen LogP contribution is -2.55. The summed E-state index contributed by atoms with van der Waals surface area (Å²) >= 11 is 0. The summed E-state index contributed by atoms with van der Waals surface area (Å²) in [7, 11) is 0. The first-order chi connectivity index (χ1) is 14.0. The summed E-state index contributed by atoms with van der Waals surface area (Å²) in [5.74, 6) is 3.39. The molecular weight excluding hydrogens is 358 g/mol. The minimum absolute atomic E-state index is 0.221. The lowest BCUT2D eigenvalue weighted by Gasteiger charge is -2.53. The van der Waals surface area contributed by atoms with E-state index in [9.17, 15) is 4.79 Å². The molecule has 3 fully saturated rings. The zero-order valence-electron chi connectivity index (χ0n) is 17.8. The number of imidazole rings is 1. The van der Waals surface area contributed by atoms with Crippen molar-refractivity contribution >= 4 is 16.9 Å². The summed E-state index contributed by atoms with van der Waals surface area (Å²) in [5, 5.41) is 3.56. The van der Waals surface area contributed by atoms with Gasteiger partial charge < -0.3 is 9.88 Å². The summed E-state index contributed by atoms with van der Waals surface area (Å²) < 4.78 is 2.39. The number of carbonyl (C=O) groups is 1. The zero-order valence-corrected chi connectivity index (χ0v) is 17.8. The Kier molecular flexibility index (Phi) is 3.77. The van der Waals surface area contributed by atoms with Crippen LogP contribution < -0.4 is 5.32 Å². The van der Waals surface area contributed by atoms with Crippen LogP contribution in [0.25, 0.3) is 11.0 Å². The molecule has 2 unspecified atom stereocenters. The van der Waals surface area contributed by atoms with Crippen molar-refractivity contribution in [3.8, 4) is 0 Å². The molecule has 4 heteroatoms. The quantitative estimate of drug-likeness (QED) is 0.685. The molecule has 4 nitrogen and oxygen atoms in total. The highest BCUT2D eigenvalue weighted by Gasteiger charge is 2.68. The summed E-state index contributed by atoms with van der Waals surface area (Å²) in [5.41, 5.74) is 2.81. The number of aromatic nitrogens is 2. The first-order valence-electron chi connectivity index (χ1n) is 11.8. The molecule has 1 aliphatic heterocycles. The van der Waals surface area contributed by atoms with Crippen LogP contribution in [0.15, 0.2) is 24.3 Å². The fourth-order valence-electron chi connectivity index (χ4n) is 8.26. The number of nitrogens with one attached hydrogen (secondary N) is 1. The molecule has 1 spiro atoms. The number of carbonyl (C=O) groups excluding carboxylic acids is 1. The van der Waals surface area contributed by atoms with Crippen molar-refractivity contribution in [3.05, 3.63) is 30.1 Å². The van der Waals surface area contributed by atoms with Crippen LogP contribution in [0.2, 0.25) is 0 Å². The van der Waals surface area contributed by atoms with Crippen LogP contribution in [0.5, 0.6) is 0 Å². The third-order valence-electron chi connectivity index (χ3n) is 9.61. The minimum atomic E-state index is 0.221. The van der Waals surface area contributed by atoms with Crippen LogP contribution in [-0.4, -0.2) is 21.5 Å². The van der Waals surface area contributed by atoms with E-state index in [4.69, 9.17) is 4.98 Å². The molecule has 0 saturated heterocycles. The van der Waals surface area contributed by atoms with Crippen LogP contribution >= 0.6 is 0 Å². The molecule has 6 rings (SSSR count). The van der Waals surface area contributed by atoms with Gasteiger partial charge in [0.05, 0.1) is 11.0 Å². The lowest BCUT2D eigenvalue weighted by atomic mass is 9.54. The fraction of sp³-hybridized carbons (Fsp3) is 0.680. The van der Waals surface area contributed by atoms with Gasteiger partial charge in [0.15, 0.2) is 0 Å². The molecule has 1 N–H and O–H groups in total. The topological polar surface area (TPSA) is 46.9 Å². The Morgan fingerprint density at radius 2 is 1.97 bits per heavy atom. The Morgan fingerprint density at radius 1 is 1.14 bits per heavy atom. The molecule has 2 heterocycles. The van der Waals surface area contributed by atoms with Crippen molar-refractivity contribution in [3.63, 3.8) is 0 Å². The normalized spacial score (nSPS) is 38.2. The molecule has 3 aliphatic carbocycles. The van der Waals surface area contributed by atoms with E-state index < -0.39 is 0 Å². The van der Waals surface area contributed by atoms with Crippen molar-refractivity contribution in [1.82, 2.24) is 14.9 Å². The lowest BCUT2D eigenvalue weighted by molar-refractivity contribution is -0.124. The second kappa shape index (κ2) is 6.09. The Labute approximate surface area is 173 Å². The first-order valence-corrected chi connectivity index (χ1v) is 11.8. The van der Waals surface area contributed by atoms with Gasteiger partial charge in [-0.25, -0.2) is 4.98 Å². The zero-order chi connectivity index (χ0) is 19.8. The van der Waals surface area contributed by atoms with Gasteiger partial charge in [0.2, 0.25) is 5.91 Å². The fourth-order valence-corrected chi connectivity index (χ4v) is 8.26. The molecule has 0 radical (unpaired) electrons. The van der Waals surface area contributed by atoms with Gasteiger partial charge in [-0.3, -0.25) is 4.79 Å². The number of fused-ring (bicyclic) bond motifs is 6. The smallest absolute Gasteiger partial charge is 0.222 e. The maximum atomic E-state index is 13.0. The van der Waals surface area contributed by atoms with Crippen LogP contribution in [0, 0.1) is 22.7 Å². The maximum absolute atomic E-state index is 13.0. The molecular formula is C25H33N3O. The Hall–Kier alpha value is -1.84. The molecule has 29 heavy (non-hydrogen) atoms. The van der Waals surface area contributed by atoms with Gasteiger partial charge in [0.25, 0.3) is 0 Å². The van der Waals surface area contributed by atoms with Crippen LogP contribution in [0.3, 0.4) is 0 Å². The van der Waals surface area contributed by atoms with Crippen molar-refractivity contribution in [2.45, 2.75) is 83.7 Å². The number of hydrogen-bond donors (Lipinski definition) is 1. The SMILES string of the molecule is CC1(C)[C@@H]2CC[C@]13C1CCCCC1c1nc4ccccc4n1CCC(=O)N[C@@H]3C2. The van der Waals surface area contributed by atoms with Crippen molar-refractivity contribution in [1.29, 1.82) is 0 Å². The van der Waals surface area contributed by atoms with E-state index in [2.05, 4.69) is 48.0 Å². The molecule has 1 amide bonds. The van der Waals surface area contributed by atoms with Crippen molar-refractivity contribution in [2.75, 3.05) is 0 Å². The predicted octanol–water partition coefficient (Wildman–Crippen LogP) is 5.02. The largest absolute Gasteiger partial charge is 0.353 e. The molecule has 4 aliphatic rings. The molecule has 3 saturated carbocycles. The van der Waals surface area contributed by atoms with E-state index in [0.717, 1.165) is 18.0 Å². The van der Waals surface area contributed by atoms with Crippen LogP contribution in [0.1, 0.15) is 77.0 Å². The molecule has 2 bridgehead atoms. The van der Waals surface area contributed by atoms with Crippen LogP contribution in [0.4, 0.5) is 0 Å². The van der Waals surface area contributed by atoms with Gasteiger partial charge in [-0.15, -0.1) is 0 Å². The molecule has 5 atom stereocenters. The van der Waals surface area contributed by atoms with Crippen LogP contribution in [-0.2, 0) is 11.3 Å². The van der Waals surface area contributed by atoms with Crippen molar-refractivity contribution in [2.24, 2.45) is 22.7 Å². The Morgan fingerprint density at radius 3 is 2.83 bits per heavy atom. The van der Waals surface area contributed by atoms with Gasteiger partial charge in [-0.05, 0) is 66.9 Å².